The van der Waals surface area contributed by atoms with Crippen molar-refractivity contribution < 1.29 is 9.90 Å². The molecule has 1 heterocycles. The van der Waals surface area contributed by atoms with Gasteiger partial charge < -0.3 is 10.1 Å². The summed E-state index contributed by atoms with van der Waals surface area (Å²) in [6.45, 7) is 0. The number of rotatable bonds is 4. The van der Waals surface area contributed by atoms with Crippen molar-refractivity contribution in [3.05, 3.63) is 86.4 Å². The molecule has 0 atom stereocenters. The summed E-state index contributed by atoms with van der Waals surface area (Å²) < 4.78 is 0.267. The molecule has 0 bridgehead atoms. The molecule has 2 aromatic carbocycles. The van der Waals surface area contributed by atoms with Crippen LogP contribution in [-0.2, 0) is 6.42 Å². The molecule has 1 aromatic heterocycles. The predicted octanol–water partition coefficient (Wildman–Crippen LogP) is 3.39. The largest absolute Gasteiger partial charge is 0.478 e. The van der Waals surface area contributed by atoms with Gasteiger partial charge in [0.2, 0.25) is 0 Å². The lowest BCUT2D eigenvalue weighted by Crippen LogP contribution is -2.16. The third-order valence-electron chi connectivity index (χ3n) is 3.69. The van der Waals surface area contributed by atoms with Crippen LogP contribution in [0.2, 0.25) is 0 Å². The second-order valence-corrected chi connectivity index (χ2v) is 5.71. The second kappa shape index (κ2) is 6.64. The van der Waals surface area contributed by atoms with Gasteiger partial charge in [0.15, 0.2) is 4.77 Å². The molecule has 0 saturated heterocycles. The van der Waals surface area contributed by atoms with E-state index in [1.165, 1.54) is 12.1 Å². The maximum Gasteiger partial charge on any atom is 0.335 e. The average Bonchev–Trinajstić information content (AvgIpc) is 2.58. The van der Waals surface area contributed by atoms with E-state index in [4.69, 9.17) is 17.3 Å². The number of benzene rings is 2. The van der Waals surface area contributed by atoms with E-state index < -0.39 is 5.97 Å². The zero-order valence-corrected chi connectivity index (χ0v) is 13.4. The molecule has 3 rings (SSSR count). The van der Waals surface area contributed by atoms with Gasteiger partial charge in [-0.1, -0.05) is 42.5 Å². The first-order chi connectivity index (χ1) is 11.5. The van der Waals surface area contributed by atoms with E-state index in [9.17, 15) is 9.59 Å². The third-order valence-corrected chi connectivity index (χ3v) is 3.89. The lowest BCUT2D eigenvalue weighted by molar-refractivity contribution is 0.0697. The minimum Gasteiger partial charge on any atom is -0.478 e. The number of carbonyl (C=O) groups is 1. The molecule has 120 valence electrons. The first kappa shape index (κ1) is 15.9. The van der Waals surface area contributed by atoms with Crippen molar-refractivity contribution >= 4 is 18.2 Å². The van der Waals surface area contributed by atoms with Gasteiger partial charge in [-0.05, 0) is 35.5 Å². The minimum atomic E-state index is -0.979. The smallest absolute Gasteiger partial charge is 0.335 e. The number of carboxylic acid groups (broad SMARTS) is 1. The number of aromatic carboxylic acids is 1. The van der Waals surface area contributed by atoms with E-state index in [2.05, 4.69) is 9.97 Å². The highest BCUT2D eigenvalue weighted by Crippen LogP contribution is 2.21. The summed E-state index contributed by atoms with van der Waals surface area (Å²) in [6, 6.07) is 15.9. The normalized spacial score (nSPS) is 10.5. The van der Waals surface area contributed by atoms with E-state index in [0.29, 0.717) is 17.7 Å². The number of carboxylic acids is 1. The van der Waals surface area contributed by atoms with Crippen LogP contribution in [0.4, 0.5) is 0 Å². The molecule has 24 heavy (non-hydrogen) atoms. The number of nitrogens with one attached hydrogen (secondary N) is 2. The number of H-pyrrole nitrogens is 2. The molecular formula is C18H14N2O3S. The van der Waals surface area contributed by atoms with Crippen molar-refractivity contribution in [3.63, 3.8) is 0 Å². The van der Waals surface area contributed by atoms with Crippen molar-refractivity contribution in [2.75, 3.05) is 0 Å². The van der Waals surface area contributed by atoms with Crippen molar-refractivity contribution in [2.24, 2.45) is 0 Å². The summed E-state index contributed by atoms with van der Waals surface area (Å²) in [5, 5.41) is 8.96. The quantitative estimate of drug-likeness (QED) is 0.637. The van der Waals surface area contributed by atoms with Gasteiger partial charge in [-0.3, -0.25) is 9.78 Å². The Labute approximate surface area is 142 Å². The van der Waals surface area contributed by atoms with E-state index in [1.54, 1.807) is 12.1 Å². The zero-order chi connectivity index (χ0) is 17.1. The van der Waals surface area contributed by atoms with Crippen molar-refractivity contribution in [1.82, 2.24) is 9.97 Å². The van der Waals surface area contributed by atoms with Crippen LogP contribution in [0.1, 0.15) is 21.5 Å². The monoisotopic (exact) mass is 338 g/mol. The van der Waals surface area contributed by atoms with Gasteiger partial charge in [-0.25, -0.2) is 4.79 Å². The molecule has 0 amide bonds. The van der Waals surface area contributed by atoms with Crippen LogP contribution in [0.15, 0.2) is 59.4 Å². The summed E-state index contributed by atoms with van der Waals surface area (Å²) in [5.74, 6) is -0.979. The van der Waals surface area contributed by atoms with Gasteiger partial charge in [0.1, 0.15) is 0 Å². The molecule has 3 aromatic rings. The number of aromatic amines is 2. The minimum absolute atomic E-state index is 0.211. The molecule has 0 aliphatic rings. The van der Waals surface area contributed by atoms with Crippen LogP contribution < -0.4 is 5.56 Å². The molecule has 0 fully saturated rings. The Balaban J connectivity index is 2.06. The van der Waals surface area contributed by atoms with Gasteiger partial charge in [0.25, 0.3) is 5.56 Å². The SMILES string of the molecule is O=C(O)c1ccc(Cc2c(-c3ccccc3)[nH]c(=S)[nH]c2=O)cc1. The highest BCUT2D eigenvalue weighted by Gasteiger charge is 2.12. The third kappa shape index (κ3) is 3.33. The van der Waals surface area contributed by atoms with Crippen LogP contribution >= 0.6 is 12.2 Å². The van der Waals surface area contributed by atoms with Gasteiger partial charge in [0.05, 0.1) is 11.3 Å². The topological polar surface area (TPSA) is 85.9 Å². The fraction of sp³-hybridized carbons (Fsp3) is 0.0556. The van der Waals surface area contributed by atoms with Crippen molar-refractivity contribution in [2.45, 2.75) is 6.42 Å². The lowest BCUT2D eigenvalue weighted by Gasteiger charge is -2.09. The molecule has 6 heteroatoms. The van der Waals surface area contributed by atoms with Crippen LogP contribution in [0.3, 0.4) is 0 Å². The fourth-order valence-corrected chi connectivity index (χ4v) is 2.70. The Hall–Kier alpha value is -2.99. The Morgan fingerprint density at radius 3 is 2.29 bits per heavy atom. The second-order valence-electron chi connectivity index (χ2n) is 5.31. The van der Waals surface area contributed by atoms with Crippen LogP contribution in [-0.4, -0.2) is 21.0 Å². The van der Waals surface area contributed by atoms with Crippen LogP contribution in [0.5, 0.6) is 0 Å². The molecule has 0 aliphatic heterocycles. The Bertz CT molecular complexity index is 989. The first-order valence-corrected chi connectivity index (χ1v) is 7.68. The maximum absolute atomic E-state index is 12.4. The molecule has 0 aliphatic carbocycles. The number of aromatic nitrogens is 2. The number of hydrogen-bond acceptors (Lipinski definition) is 3. The van der Waals surface area contributed by atoms with E-state index in [-0.39, 0.29) is 15.9 Å². The Morgan fingerprint density at radius 1 is 1.00 bits per heavy atom. The van der Waals surface area contributed by atoms with Gasteiger partial charge in [0, 0.05) is 12.0 Å². The summed E-state index contributed by atoms with van der Waals surface area (Å²) in [4.78, 5) is 29.0. The first-order valence-electron chi connectivity index (χ1n) is 7.28. The molecule has 5 nitrogen and oxygen atoms in total. The van der Waals surface area contributed by atoms with Crippen molar-refractivity contribution in [1.29, 1.82) is 0 Å². The van der Waals surface area contributed by atoms with Gasteiger partial charge in [-0.2, -0.15) is 0 Å². The predicted molar refractivity (Wildman–Crippen MR) is 93.9 cm³/mol. The van der Waals surface area contributed by atoms with E-state index >= 15 is 0 Å². The van der Waals surface area contributed by atoms with Crippen molar-refractivity contribution in [3.8, 4) is 11.3 Å². The lowest BCUT2D eigenvalue weighted by atomic mass is 10.00. The molecule has 0 spiro atoms. The molecule has 0 unspecified atom stereocenters. The Kier molecular flexibility index (Phi) is 4.39. The van der Waals surface area contributed by atoms with E-state index in [1.807, 2.05) is 30.3 Å². The number of hydrogen-bond donors (Lipinski definition) is 3. The van der Waals surface area contributed by atoms with Crippen LogP contribution in [0.25, 0.3) is 11.3 Å². The molecule has 0 radical (unpaired) electrons. The molecular weight excluding hydrogens is 324 g/mol. The van der Waals surface area contributed by atoms with Gasteiger partial charge >= 0.3 is 5.97 Å². The van der Waals surface area contributed by atoms with Gasteiger partial charge in [-0.15, -0.1) is 0 Å². The highest BCUT2D eigenvalue weighted by molar-refractivity contribution is 7.71. The zero-order valence-electron chi connectivity index (χ0n) is 12.6. The molecule has 3 N–H and O–H groups in total. The summed E-state index contributed by atoms with van der Waals surface area (Å²) in [5.41, 5.74) is 2.90. The fourth-order valence-electron chi connectivity index (χ4n) is 2.50. The maximum atomic E-state index is 12.4. The van der Waals surface area contributed by atoms with Crippen LogP contribution in [0, 0.1) is 4.77 Å². The standard InChI is InChI=1S/C18H14N2O3S/c21-16-14(10-11-6-8-13(9-7-11)17(22)23)15(19-18(24)20-16)12-4-2-1-3-5-12/h1-9H,10H2,(H,22,23)(H2,19,20,21,24). The Morgan fingerprint density at radius 2 is 1.67 bits per heavy atom. The average molecular weight is 338 g/mol. The summed E-state index contributed by atoms with van der Waals surface area (Å²) >= 11 is 5.08. The summed E-state index contributed by atoms with van der Waals surface area (Å²) in [7, 11) is 0. The molecule has 0 saturated carbocycles. The summed E-state index contributed by atoms with van der Waals surface area (Å²) in [6.07, 6.45) is 0.367. The van der Waals surface area contributed by atoms with E-state index in [0.717, 1.165) is 11.1 Å². The highest BCUT2D eigenvalue weighted by atomic mass is 32.1.